The molecule has 2 rings (SSSR count). The van der Waals surface area contributed by atoms with Crippen LogP contribution in [0.2, 0.25) is 0 Å². The number of benzene rings is 1. The fourth-order valence-electron chi connectivity index (χ4n) is 2.90. The first kappa shape index (κ1) is 18.9. The van der Waals surface area contributed by atoms with E-state index < -0.39 is 0 Å². The van der Waals surface area contributed by atoms with Gasteiger partial charge in [0.15, 0.2) is 0 Å². The summed E-state index contributed by atoms with van der Waals surface area (Å²) in [5, 5.41) is 0. The molecule has 1 amide bonds. The third-order valence-corrected chi connectivity index (χ3v) is 4.74. The lowest BCUT2D eigenvalue weighted by atomic mass is 9.90. The molecule has 1 heterocycles. The van der Waals surface area contributed by atoms with Gasteiger partial charge in [0.05, 0.1) is 12.6 Å². The third kappa shape index (κ3) is 4.45. The molecule has 0 aliphatic carbocycles. The van der Waals surface area contributed by atoms with Gasteiger partial charge >= 0.3 is 0 Å². The quantitative estimate of drug-likeness (QED) is 0.903. The Morgan fingerprint density at radius 1 is 1.41 bits per heavy atom. The summed E-state index contributed by atoms with van der Waals surface area (Å²) in [5.41, 5.74) is 7.16. The SMILES string of the molecule is CC(c1ccccc1)N(C)C(=O)CN1CCC(C)(CN)C1.Cl. The Hall–Kier alpha value is -1.10. The first-order chi connectivity index (χ1) is 9.95. The summed E-state index contributed by atoms with van der Waals surface area (Å²) in [4.78, 5) is 16.5. The van der Waals surface area contributed by atoms with Gasteiger partial charge in [0.25, 0.3) is 0 Å². The van der Waals surface area contributed by atoms with Crippen LogP contribution >= 0.6 is 12.4 Å². The summed E-state index contributed by atoms with van der Waals surface area (Å²) in [6, 6.07) is 10.2. The molecule has 0 radical (unpaired) electrons. The molecule has 4 nitrogen and oxygen atoms in total. The van der Waals surface area contributed by atoms with Crippen molar-refractivity contribution in [3.05, 3.63) is 35.9 Å². The molecule has 1 aliphatic rings. The van der Waals surface area contributed by atoms with Crippen molar-refractivity contribution in [1.82, 2.24) is 9.80 Å². The van der Waals surface area contributed by atoms with Gasteiger partial charge in [-0.2, -0.15) is 0 Å². The summed E-state index contributed by atoms with van der Waals surface area (Å²) in [6.45, 7) is 7.34. The molecule has 0 spiro atoms. The molecule has 0 aromatic heterocycles. The van der Waals surface area contributed by atoms with E-state index in [1.165, 1.54) is 5.56 Å². The van der Waals surface area contributed by atoms with Crippen molar-refractivity contribution in [2.24, 2.45) is 11.1 Å². The number of halogens is 1. The highest BCUT2D eigenvalue weighted by molar-refractivity contribution is 5.85. The summed E-state index contributed by atoms with van der Waals surface area (Å²) in [7, 11) is 1.89. The van der Waals surface area contributed by atoms with Crippen LogP contribution in [0.4, 0.5) is 0 Å². The van der Waals surface area contributed by atoms with Crippen LogP contribution in [0.1, 0.15) is 31.9 Å². The second kappa shape index (κ2) is 7.95. The Balaban J connectivity index is 0.00000242. The first-order valence-electron chi connectivity index (χ1n) is 7.68. The van der Waals surface area contributed by atoms with Gasteiger partial charge in [-0.05, 0) is 37.4 Å². The summed E-state index contributed by atoms with van der Waals surface area (Å²) < 4.78 is 0. The molecule has 1 saturated heterocycles. The van der Waals surface area contributed by atoms with E-state index in [-0.39, 0.29) is 29.8 Å². The maximum absolute atomic E-state index is 12.5. The highest BCUT2D eigenvalue weighted by Gasteiger charge is 2.33. The van der Waals surface area contributed by atoms with Gasteiger partial charge in [0, 0.05) is 13.6 Å². The summed E-state index contributed by atoms with van der Waals surface area (Å²) in [5.74, 6) is 0.174. The predicted octanol–water partition coefficient (Wildman–Crippen LogP) is 2.30. The Morgan fingerprint density at radius 3 is 2.59 bits per heavy atom. The van der Waals surface area contributed by atoms with E-state index in [2.05, 4.69) is 30.9 Å². The number of likely N-dealkylation sites (N-methyl/N-ethyl adjacent to an activating group) is 1. The van der Waals surface area contributed by atoms with Crippen LogP contribution in [0.5, 0.6) is 0 Å². The molecule has 1 aromatic rings. The minimum absolute atomic E-state index is 0. The number of rotatable bonds is 5. The van der Waals surface area contributed by atoms with E-state index >= 15 is 0 Å². The maximum atomic E-state index is 12.5. The number of carbonyl (C=O) groups excluding carboxylic acids is 1. The lowest BCUT2D eigenvalue weighted by Gasteiger charge is -2.28. The lowest BCUT2D eigenvalue weighted by molar-refractivity contribution is -0.132. The van der Waals surface area contributed by atoms with E-state index in [1.54, 1.807) is 0 Å². The fraction of sp³-hybridized carbons (Fsp3) is 0.588. The average Bonchev–Trinajstić information content (AvgIpc) is 2.88. The smallest absolute Gasteiger partial charge is 0.236 e. The van der Waals surface area contributed by atoms with Crippen molar-refractivity contribution < 1.29 is 4.79 Å². The summed E-state index contributed by atoms with van der Waals surface area (Å²) >= 11 is 0. The number of nitrogens with two attached hydrogens (primary N) is 1. The molecule has 0 bridgehead atoms. The molecular formula is C17H28ClN3O. The van der Waals surface area contributed by atoms with Crippen molar-refractivity contribution in [3.63, 3.8) is 0 Å². The van der Waals surface area contributed by atoms with Crippen molar-refractivity contribution in [2.45, 2.75) is 26.3 Å². The molecule has 2 atom stereocenters. The highest BCUT2D eigenvalue weighted by atomic mass is 35.5. The van der Waals surface area contributed by atoms with Crippen LogP contribution in [-0.4, -0.2) is 48.9 Å². The van der Waals surface area contributed by atoms with Crippen LogP contribution in [0, 0.1) is 5.41 Å². The van der Waals surface area contributed by atoms with E-state index in [9.17, 15) is 4.79 Å². The van der Waals surface area contributed by atoms with Crippen LogP contribution in [0.3, 0.4) is 0 Å². The molecule has 124 valence electrons. The number of hydrogen-bond donors (Lipinski definition) is 1. The van der Waals surface area contributed by atoms with Gasteiger partial charge in [-0.3, -0.25) is 9.69 Å². The number of nitrogens with zero attached hydrogens (tertiary/aromatic N) is 2. The molecule has 2 unspecified atom stereocenters. The molecular weight excluding hydrogens is 298 g/mol. The zero-order valence-electron chi connectivity index (χ0n) is 13.8. The Labute approximate surface area is 140 Å². The third-order valence-electron chi connectivity index (χ3n) is 4.74. The number of hydrogen-bond acceptors (Lipinski definition) is 3. The van der Waals surface area contributed by atoms with Crippen molar-refractivity contribution in [2.75, 3.05) is 33.2 Å². The molecule has 1 aliphatic heterocycles. The first-order valence-corrected chi connectivity index (χ1v) is 7.68. The largest absolute Gasteiger partial charge is 0.338 e. The predicted molar refractivity (Wildman–Crippen MR) is 93.1 cm³/mol. The highest BCUT2D eigenvalue weighted by Crippen LogP contribution is 2.28. The molecule has 1 fully saturated rings. The zero-order chi connectivity index (χ0) is 15.5. The van der Waals surface area contributed by atoms with Crippen molar-refractivity contribution >= 4 is 18.3 Å². The molecule has 5 heteroatoms. The van der Waals surface area contributed by atoms with Gasteiger partial charge in [0.2, 0.25) is 5.91 Å². The van der Waals surface area contributed by atoms with E-state index in [4.69, 9.17) is 5.73 Å². The Bertz CT molecular complexity index is 482. The Kier molecular flexibility index (Phi) is 6.85. The minimum Gasteiger partial charge on any atom is -0.338 e. The standard InChI is InChI=1S/C17H27N3O.ClH/c1-14(15-7-5-4-6-8-15)19(3)16(21)11-20-10-9-17(2,12-18)13-20;/h4-8,14H,9-13,18H2,1-3H3;1H. The second-order valence-electron chi connectivity index (χ2n) is 6.57. The monoisotopic (exact) mass is 325 g/mol. The van der Waals surface area contributed by atoms with Gasteiger partial charge in [-0.15, -0.1) is 12.4 Å². The maximum Gasteiger partial charge on any atom is 0.236 e. The molecule has 0 saturated carbocycles. The van der Waals surface area contributed by atoms with Gasteiger partial charge in [-0.25, -0.2) is 0 Å². The molecule has 1 aromatic carbocycles. The van der Waals surface area contributed by atoms with Gasteiger partial charge < -0.3 is 10.6 Å². The number of carbonyl (C=O) groups is 1. The average molecular weight is 326 g/mol. The van der Waals surface area contributed by atoms with Crippen LogP contribution in [-0.2, 0) is 4.79 Å². The normalized spacial score (nSPS) is 22.9. The lowest BCUT2D eigenvalue weighted by Crippen LogP contribution is -2.40. The second-order valence-corrected chi connectivity index (χ2v) is 6.57. The Morgan fingerprint density at radius 2 is 2.05 bits per heavy atom. The minimum atomic E-state index is 0. The summed E-state index contributed by atoms with van der Waals surface area (Å²) in [6.07, 6.45) is 1.08. The molecule has 22 heavy (non-hydrogen) atoms. The zero-order valence-corrected chi connectivity index (χ0v) is 14.6. The van der Waals surface area contributed by atoms with E-state index in [0.29, 0.717) is 13.1 Å². The van der Waals surface area contributed by atoms with Crippen molar-refractivity contribution in [1.29, 1.82) is 0 Å². The molecule has 2 N–H and O–H groups in total. The van der Waals surface area contributed by atoms with E-state index in [0.717, 1.165) is 19.5 Å². The van der Waals surface area contributed by atoms with Crippen LogP contribution < -0.4 is 5.73 Å². The van der Waals surface area contributed by atoms with E-state index in [1.807, 2.05) is 30.1 Å². The number of amides is 1. The fourth-order valence-corrected chi connectivity index (χ4v) is 2.90. The topological polar surface area (TPSA) is 49.6 Å². The van der Waals surface area contributed by atoms with Gasteiger partial charge in [-0.1, -0.05) is 37.3 Å². The van der Waals surface area contributed by atoms with Crippen LogP contribution in [0.15, 0.2) is 30.3 Å². The van der Waals surface area contributed by atoms with Crippen molar-refractivity contribution in [3.8, 4) is 0 Å². The number of likely N-dealkylation sites (tertiary alicyclic amines) is 1. The van der Waals surface area contributed by atoms with Gasteiger partial charge in [0.1, 0.15) is 0 Å². The van der Waals surface area contributed by atoms with Crippen LogP contribution in [0.25, 0.3) is 0 Å².